The maximum absolute atomic E-state index is 13.3. The van der Waals surface area contributed by atoms with Crippen LogP contribution < -0.4 is 0 Å². The van der Waals surface area contributed by atoms with Gasteiger partial charge in [-0.15, -0.1) is 0 Å². The van der Waals surface area contributed by atoms with Gasteiger partial charge in [0, 0.05) is 30.2 Å². The molecule has 1 aliphatic heterocycles. The molecule has 1 N–H and O–H groups in total. The molecule has 3 heteroatoms. The topological polar surface area (TPSA) is 19.0 Å². The van der Waals surface area contributed by atoms with Crippen molar-refractivity contribution in [2.24, 2.45) is 0 Å². The van der Waals surface area contributed by atoms with Crippen molar-refractivity contribution in [3.05, 3.63) is 47.9 Å². The van der Waals surface area contributed by atoms with E-state index in [4.69, 9.17) is 0 Å². The Morgan fingerprint density at radius 3 is 3.00 bits per heavy atom. The van der Waals surface area contributed by atoms with Crippen molar-refractivity contribution in [1.82, 2.24) is 9.88 Å². The number of nitrogens with one attached hydrogen (secondary N) is 1. The normalized spacial score (nSPS) is 16.1. The van der Waals surface area contributed by atoms with Gasteiger partial charge in [0.15, 0.2) is 0 Å². The molecule has 0 atom stereocenters. The number of H-pyrrole nitrogens is 1. The molecular weight excluding hydrogens is 251 g/mol. The minimum absolute atomic E-state index is 0.154. The van der Waals surface area contributed by atoms with E-state index in [1.165, 1.54) is 37.6 Å². The molecule has 0 bridgehead atoms. The second-order valence-electron chi connectivity index (χ2n) is 5.52. The number of aromatic amines is 1. The van der Waals surface area contributed by atoms with Gasteiger partial charge in [-0.2, -0.15) is 0 Å². The molecule has 0 saturated heterocycles. The fourth-order valence-electron chi connectivity index (χ4n) is 2.90. The summed E-state index contributed by atoms with van der Waals surface area (Å²) in [5, 5.41) is 1.03. The zero-order chi connectivity index (χ0) is 13.8. The van der Waals surface area contributed by atoms with Gasteiger partial charge in [-0.3, -0.25) is 4.90 Å². The van der Waals surface area contributed by atoms with Gasteiger partial charge >= 0.3 is 0 Å². The molecule has 0 saturated carbocycles. The third kappa shape index (κ3) is 3.10. The fourth-order valence-corrected chi connectivity index (χ4v) is 2.90. The summed E-state index contributed by atoms with van der Waals surface area (Å²) in [6.07, 6.45) is 11.1. The predicted octanol–water partition coefficient (Wildman–Crippen LogP) is 3.89. The van der Waals surface area contributed by atoms with Crippen LogP contribution in [-0.2, 0) is 6.42 Å². The number of hydrogen-bond acceptors (Lipinski definition) is 1. The number of hydrogen-bond donors (Lipinski definition) is 1. The molecule has 3 rings (SSSR count). The highest BCUT2D eigenvalue weighted by Crippen LogP contribution is 2.21. The Kier molecular flexibility index (Phi) is 4.16. The lowest BCUT2D eigenvalue weighted by atomic mass is 10.1. The highest BCUT2D eigenvalue weighted by Gasteiger charge is 2.07. The molecule has 0 unspecified atom stereocenters. The van der Waals surface area contributed by atoms with Crippen LogP contribution in [0, 0.1) is 5.82 Å². The molecule has 1 aromatic carbocycles. The average Bonchev–Trinajstić information content (AvgIpc) is 2.87. The van der Waals surface area contributed by atoms with Crippen molar-refractivity contribution < 1.29 is 4.39 Å². The van der Waals surface area contributed by atoms with E-state index >= 15 is 0 Å². The largest absolute Gasteiger partial charge is 0.361 e. The first-order chi connectivity index (χ1) is 9.83. The third-order valence-corrected chi connectivity index (χ3v) is 4.04. The maximum Gasteiger partial charge on any atom is 0.123 e. The van der Waals surface area contributed by atoms with Gasteiger partial charge < -0.3 is 4.98 Å². The first kappa shape index (κ1) is 13.4. The fraction of sp³-hybridized carbons (Fsp3) is 0.412. The van der Waals surface area contributed by atoms with E-state index in [1.54, 1.807) is 6.07 Å². The van der Waals surface area contributed by atoms with Gasteiger partial charge in [-0.05, 0) is 56.0 Å². The van der Waals surface area contributed by atoms with E-state index in [0.717, 1.165) is 30.3 Å². The zero-order valence-electron chi connectivity index (χ0n) is 11.7. The quantitative estimate of drug-likeness (QED) is 0.646. The number of unbranched alkanes of at least 4 members (excludes halogenated alkanes) is 1. The van der Waals surface area contributed by atoms with Crippen LogP contribution in [-0.4, -0.2) is 29.5 Å². The SMILES string of the molecule is Fc1ccc2[nH]cc(CCCCN3CC=CCC3)c2c1. The molecule has 1 aromatic heterocycles. The third-order valence-electron chi connectivity index (χ3n) is 4.04. The standard InChI is InChI=1S/C17H21FN2/c18-15-7-8-17-16(12-15)14(13-19-17)6-2-5-11-20-9-3-1-4-10-20/h1,3,7-8,12-13,19H,2,4-6,9-11H2. The van der Waals surface area contributed by atoms with E-state index in [9.17, 15) is 4.39 Å². The van der Waals surface area contributed by atoms with Crippen molar-refractivity contribution in [1.29, 1.82) is 0 Å². The first-order valence-electron chi connectivity index (χ1n) is 7.46. The average molecular weight is 272 g/mol. The Morgan fingerprint density at radius 2 is 2.15 bits per heavy atom. The summed E-state index contributed by atoms with van der Waals surface area (Å²) in [6.45, 7) is 3.45. The van der Waals surface area contributed by atoms with Crippen LogP contribution in [0.3, 0.4) is 0 Å². The Labute approximate surface area is 119 Å². The monoisotopic (exact) mass is 272 g/mol. The van der Waals surface area contributed by atoms with Crippen molar-refractivity contribution in [3.63, 3.8) is 0 Å². The van der Waals surface area contributed by atoms with E-state index in [2.05, 4.69) is 22.0 Å². The van der Waals surface area contributed by atoms with Crippen molar-refractivity contribution in [2.45, 2.75) is 25.7 Å². The van der Waals surface area contributed by atoms with E-state index in [-0.39, 0.29) is 5.82 Å². The Hall–Kier alpha value is -1.61. The Morgan fingerprint density at radius 1 is 1.20 bits per heavy atom. The van der Waals surface area contributed by atoms with Crippen molar-refractivity contribution in [3.8, 4) is 0 Å². The molecule has 1 aliphatic rings. The zero-order valence-corrected chi connectivity index (χ0v) is 11.7. The van der Waals surface area contributed by atoms with E-state index < -0.39 is 0 Å². The number of rotatable bonds is 5. The molecule has 0 amide bonds. The lowest BCUT2D eigenvalue weighted by molar-refractivity contribution is 0.292. The van der Waals surface area contributed by atoms with Crippen LogP contribution in [0.15, 0.2) is 36.5 Å². The lowest BCUT2D eigenvalue weighted by Crippen LogP contribution is -2.28. The molecule has 0 spiro atoms. The van der Waals surface area contributed by atoms with Gasteiger partial charge in [-0.1, -0.05) is 12.2 Å². The Bertz CT molecular complexity index is 600. The molecular formula is C17H21FN2. The minimum atomic E-state index is -0.154. The van der Waals surface area contributed by atoms with Gasteiger partial charge in [0.05, 0.1) is 0 Å². The number of benzene rings is 1. The first-order valence-corrected chi connectivity index (χ1v) is 7.46. The number of aromatic nitrogens is 1. The van der Waals surface area contributed by atoms with Gasteiger partial charge in [0.2, 0.25) is 0 Å². The number of nitrogens with zero attached hydrogens (tertiary/aromatic N) is 1. The molecule has 0 aliphatic carbocycles. The highest BCUT2D eigenvalue weighted by molar-refractivity contribution is 5.83. The number of aryl methyl sites for hydroxylation is 1. The highest BCUT2D eigenvalue weighted by atomic mass is 19.1. The molecule has 2 heterocycles. The molecule has 2 aromatic rings. The molecule has 20 heavy (non-hydrogen) atoms. The molecule has 0 fully saturated rings. The van der Waals surface area contributed by atoms with E-state index in [1.807, 2.05) is 12.3 Å². The summed E-state index contributed by atoms with van der Waals surface area (Å²) in [5.41, 5.74) is 2.26. The molecule has 2 nitrogen and oxygen atoms in total. The number of fused-ring (bicyclic) bond motifs is 1. The number of halogens is 1. The van der Waals surface area contributed by atoms with Crippen molar-refractivity contribution in [2.75, 3.05) is 19.6 Å². The van der Waals surface area contributed by atoms with Crippen LogP contribution in [0.2, 0.25) is 0 Å². The summed E-state index contributed by atoms with van der Waals surface area (Å²) in [4.78, 5) is 5.71. The van der Waals surface area contributed by atoms with Crippen LogP contribution in [0.1, 0.15) is 24.8 Å². The maximum atomic E-state index is 13.3. The summed E-state index contributed by atoms with van der Waals surface area (Å²) in [5.74, 6) is -0.154. The van der Waals surface area contributed by atoms with Crippen LogP contribution in [0.5, 0.6) is 0 Å². The second kappa shape index (κ2) is 6.23. The summed E-state index contributed by atoms with van der Waals surface area (Å²) in [6, 6.07) is 4.96. The summed E-state index contributed by atoms with van der Waals surface area (Å²) in [7, 11) is 0. The molecule has 106 valence electrons. The van der Waals surface area contributed by atoms with Crippen molar-refractivity contribution >= 4 is 10.9 Å². The lowest BCUT2D eigenvalue weighted by Gasteiger charge is -2.22. The predicted molar refractivity (Wildman–Crippen MR) is 81.4 cm³/mol. The van der Waals surface area contributed by atoms with Gasteiger partial charge in [0.1, 0.15) is 5.82 Å². The summed E-state index contributed by atoms with van der Waals surface area (Å²) < 4.78 is 13.3. The van der Waals surface area contributed by atoms with Crippen LogP contribution >= 0.6 is 0 Å². The van der Waals surface area contributed by atoms with Gasteiger partial charge in [0.25, 0.3) is 0 Å². The van der Waals surface area contributed by atoms with Gasteiger partial charge in [-0.25, -0.2) is 4.39 Å². The summed E-state index contributed by atoms with van der Waals surface area (Å²) >= 11 is 0. The Balaban J connectivity index is 1.52. The van der Waals surface area contributed by atoms with Crippen LogP contribution in [0.4, 0.5) is 4.39 Å². The van der Waals surface area contributed by atoms with Crippen LogP contribution in [0.25, 0.3) is 10.9 Å². The second-order valence-corrected chi connectivity index (χ2v) is 5.52. The minimum Gasteiger partial charge on any atom is -0.361 e. The smallest absolute Gasteiger partial charge is 0.123 e. The molecule has 0 radical (unpaired) electrons. The van der Waals surface area contributed by atoms with E-state index in [0.29, 0.717) is 0 Å².